The largest absolute Gasteiger partial charge is 0.497 e. The highest BCUT2D eigenvalue weighted by molar-refractivity contribution is 5.97. The van der Waals surface area contributed by atoms with E-state index in [4.69, 9.17) is 18.7 Å². The van der Waals surface area contributed by atoms with E-state index in [0.29, 0.717) is 47.8 Å². The Balaban J connectivity index is 1.58. The molecule has 0 saturated carbocycles. The monoisotopic (exact) mass is 409 g/mol. The zero-order valence-electron chi connectivity index (χ0n) is 17.1. The van der Waals surface area contributed by atoms with Crippen LogP contribution in [0.5, 0.6) is 17.2 Å². The molecule has 1 aliphatic rings. The molecule has 0 aliphatic carbocycles. The number of anilines is 1. The van der Waals surface area contributed by atoms with Gasteiger partial charge in [0.15, 0.2) is 0 Å². The molecule has 0 spiro atoms. The van der Waals surface area contributed by atoms with E-state index in [1.807, 2.05) is 37.3 Å². The van der Waals surface area contributed by atoms with E-state index in [-0.39, 0.29) is 18.2 Å². The van der Waals surface area contributed by atoms with Crippen molar-refractivity contribution in [3.8, 4) is 28.6 Å². The molecule has 2 aromatic carbocycles. The van der Waals surface area contributed by atoms with Crippen LogP contribution < -0.4 is 19.1 Å². The lowest BCUT2D eigenvalue weighted by Crippen LogP contribution is -2.24. The fourth-order valence-electron chi connectivity index (χ4n) is 3.56. The zero-order valence-corrected chi connectivity index (χ0v) is 17.1. The molecule has 156 valence electrons. The summed E-state index contributed by atoms with van der Waals surface area (Å²) in [5.41, 5.74) is 1.44. The number of hydrogen-bond acceptors (Lipinski definition) is 7. The summed E-state index contributed by atoms with van der Waals surface area (Å²) in [6, 6.07) is 12.9. The van der Waals surface area contributed by atoms with Gasteiger partial charge in [-0.2, -0.15) is 4.98 Å². The van der Waals surface area contributed by atoms with Crippen molar-refractivity contribution >= 4 is 11.6 Å². The predicted molar refractivity (Wildman–Crippen MR) is 110 cm³/mol. The Hall–Kier alpha value is -3.55. The molecule has 8 nitrogen and oxygen atoms in total. The topological polar surface area (TPSA) is 86.9 Å². The number of para-hydroxylation sites is 1. The van der Waals surface area contributed by atoms with Crippen molar-refractivity contribution in [2.24, 2.45) is 0 Å². The molecule has 1 aliphatic heterocycles. The maximum atomic E-state index is 12.7. The number of benzene rings is 2. The van der Waals surface area contributed by atoms with Crippen molar-refractivity contribution < 1.29 is 23.5 Å². The standard InChI is InChI=1S/C22H23N3O5/c1-4-29-18-8-6-5-7-16(18)21-23-22(30-24-21)14-11-20(26)25(13-14)17-10-9-15(27-2)12-19(17)28-3/h5-10,12,14H,4,11,13H2,1-3H3. The van der Waals surface area contributed by atoms with Crippen LogP contribution in [0.3, 0.4) is 0 Å². The zero-order chi connectivity index (χ0) is 21.1. The predicted octanol–water partition coefficient (Wildman–Crippen LogP) is 3.67. The van der Waals surface area contributed by atoms with E-state index in [2.05, 4.69) is 10.1 Å². The second-order valence-electron chi connectivity index (χ2n) is 6.83. The van der Waals surface area contributed by atoms with Crippen LogP contribution in [-0.2, 0) is 4.79 Å². The second kappa shape index (κ2) is 8.44. The molecule has 2 heterocycles. The van der Waals surface area contributed by atoms with Crippen molar-refractivity contribution in [1.29, 1.82) is 0 Å². The van der Waals surface area contributed by atoms with Crippen LogP contribution >= 0.6 is 0 Å². The molecule has 0 bridgehead atoms. The first-order valence-corrected chi connectivity index (χ1v) is 9.72. The Morgan fingerprint density at radius 1 is 1.13 bits per heavy atom. The summed E-state index contributed by atoms with van der Waals surface area (Å²) in [5.74, 6) is 2.57. The fraction of sp³-hybridized carbons (Fsp3) is 0.318. The van der Waals surface area contributed by atoms with E-state index < -0.39 is 0 Å². The Morgan fingerprint density at radius 3 is 2.73 bits per heavy atom. The number of nitrogens with zero attached hydrogens (tertiary/aromatic N) is 3. The van der Waals surface area contributed by atoms with Crippen LogP contribution in [0.25, 0.3) is 11.4 Å². The summed E-state index contributed by atoms with van der Waals surface area (Å²) in [6.07, 6.45) is 0.282. The van der Waals surface area contributed by atoms with E-state index in [9.17, 15) is 4.79 Å². The Kier molecular flexibility index (Phi) is 5.56. The van der Waals surface area contributed by atoms with Gasteiger partial charge in [-0.3, -0.25) is 4.79 Å². The van der Waals surface area contributed by atoms with Crippen LogP contribution in [0.1, 0.15) is 25.2 Å². The molecular formula is C22H23N3O5. The highest BCUT2D eigenvalue weighted by Crippen LogP contribution is 2.38. The molecule has 0 N–H and O–H groups in total. The molecule has 1 amide bonds. The van der Waals surface area contributed by atoms with Gasteiger partial charge in [-0.1, -0.05) is 17.3 Å². The summed E-state index contributed by atoms with van der Waals surface area (Å²) in [5, 5.41) is 4.12. The SMILES string of the molecule is CCOc1ccccc1-c1noc(C2CC(=O)N(c3ccc(OC)cc3OC)C2)n1. The summed E-state index contributed by atoms with van der Waals surface area (Å²) < 4.78 is 21.9. The number of aromatic nitrogens is 2. The summed E-state index contributed by atoms with van der Waals surface area (Å²) in [7, 11) is 3.15. The van der Waals surface area contributed by atoms with Crippen LogP contribution in [-0.4, -0.2) is 43.4 Å². The number of rotatable bonds is 7. The first-order chi connectivity index (χ1) is 14.6. The first kappa shape index (κ1) is 19.8. The third kappa shape index (κ3) is 3.68. The second-order valence-corrected chi connectivity index (χ2v) is 6.83. The number of carbonyl (C=O) groups is 1. The molecule has 8 heteroatoms. The average Bonchev–Trinajstić information content (AvgIpc) is 3.41. The minimum Gasteiger partial charge on any atom is -0.497 e. The van der Waals surface area contributed by atoms with Gasteiger partial charge in [-0.25, -0.2) is 0 Å². The lowest BCUT2D eigenvalue weighted by atomic mass is 10.1. The lowest BCUT2D eigenvalue weighted by molar-refractivity contribution is -0.117. The van der Waals surface area contributed by atoms with Gasteiger partial charge in [-0.15, -0.1) is 0 Å². The van der Waals surface area contributed by atoms with Gasteiger partial charge >= 0.3 is 0 Å². The van der Waals surface area contributed by atoms with Crippen molar-refractivity contribution in [3.63, 3.8) is 0 Å². The number of carbonyl (C=O) groups excluding carboxylic acids is 1. The molecule has 1 atom stereocenters. The maximum absolute atomic E-state index is 12.7. The Labute approximate surface area is 174 Å². The molecular weight excluding hydrogens is 386 g/mol. The molecule has 1 aromatic heterocycles. The van der Waals surface area contributed by atoms with Crippen LogP contribution in [0.2, 0.25) is 0 Å². The van der Waals surface area contributed by atoms with E-state index in [1.54, 1.807) is 31.3 Å². The Bertz CT molecular complexity index is 1050. The van der Waals surface area contributed by atoms with Crippen molar-refractivity contribution in [2.75, 3.05) is 32.3 Å². The number of amides is 1. The van der Waals surface area contributed by atoms with Crippen LogP contribution in [0.15, 0.2) is 47.0 Å². The first-order valence-electron chi connectivity index (χ1n) is 9.72. The number of hydrogen-bond donors (Lipinski definition) is 0. The minimum atomic E-state index is -0.204. The van der Waals surface area contributed by atoms with Gasteiger partial charge in [0.05, 0.1) is 38.0 Å². The Morgan fingerprint density at radius 2 is 1.97 bits per heavy atom. The van der Waals surface area contributed by atoms with Crippen LogP contribution in [0.4, 0.5) is 5.69 Å². The molecule has 30 heavy (non-hydrogen) atoms. The van der Waals surface area contributed by atoms with E-state index >= 15 is 0 Å². The molecule has 3 aromatic rings. The van der Waals surface area contributed by atoms with Gasteiger partial charge < -0.3 is 23.6 Å². The number of methoxy groups -OCH3 is 2. The van der Waals surface area contributed by atoms with Crippen molar-refractivity contribution in [1.82, 2.24) is 10.1 Å². The normalized spacial score (nSPS) is 16.0. The highest BCUT2D eigenvalue weighted by Gasteiger charge is 2.36. The van der Waals surface area contributed by atoms with Gasteiger partial charge in [0.2, 0.25) is 17.6 Å². The van der Waals surface area contributed by atoms with Crippen molar-refractivity contribution in [2.45, 2.75) is 19.3 Å². The lowest BCUT2D eigenvalue weighted by Gasteiger charge is -2.19. The van der Waals surface area contributed by atoms with Gasteiger partial charge in [-0.05, 0) is 31.2 Å². The minimum absolute atomic E-state index is 0.0297. The average molecular weight is 409 g/mol. The third-order valence-electron chi connectivity index (χ3n) is 5.02. The number of ether oxygens (including phenoxy) is 3. The van der Waals surface area contributed by atoms with Gasteiger partial charge in [0.25, 0.3) is 0 Å². The molecule has 1 saturated heterocycles. The summed E-state index contributed by atoms with van der Waals surface area (Å²) in [4.78, 5) is 19.0. The third-order valence-corrected chi connectivity index (χ3v) is 5.02. The van der Waals surface area contributed by atoms with E-state index in [1.165, 1.54) is 0 Å². The maximum Gasteiger partial charge on any atom is 0.232 e. The molecule has 4 rings (SSSR count). The van der Waals surface area contributed by atoms with Gasteiger partial charge in [0.1, 0.15) is 17.2 Å². The summed E-state index contributed by atoms with van der Waals surface area (Å²) >= 11 is 0. The molecule has 1 unspecified atom stereocenters. The highest BCUT2D eigenvalue weighted by atomic mass is 16.5. The van der Waals surface area contributed by atoms with Crippen LogP contribution in [0, 0.1) is 0 Å². The molecule has 0 radical (unpaired) electrons. The molecule has 1 fully saturated rings. The smallest absolute Gasteiger partial charge is 0.232 e. The van der Waals surface area contributed by atoms with E-state index in [0.717, 1.165) is 5.56 Å². The summed E-state index contributed by atoms with van der Waals surface area (Å²) in [6.45, 7) is 2.89. The fourth-order valence-corrected chi connectivity index (χ4v) is 3.56. The quantitative estimate of drug-likeness (QED) is 0.588. The van der Waals surface area contributed by atoms with Crippen molar-refractivity contribution in [3.05, 3.63) is 48.4 Å². The van der Waals surface area contributed by atoms with Gasteiger partial charge in [0, 0.05) is 19.0 Å².